The predicted octanol–water partition coefficient (Wildman–Crippen LogP) is 0.333. The largest absolute Gasteiger partial charge is 0.444 e. The summed E-state index contributed by atoms with van der Waals surface area (Å²) in [5.74, 6) is -1.05. The maximum Gasteiger partial charge on any atom is 0.407 e. The van der Waals surface area contributed by atoms with Crippen LogP contribution in [0.1, 0.15) is 33.6 Å². The van der Waals surface area contributed by atoms with Crippen molar-refractivity contribution in [3.05, 3.63) is 12.2 Å². The minimum Gasteiger partial charge on any atom is -0.444 e. The predicted molar refractivity (Wildman–Crippen MR) is 82.3 cm³/mol. The van der Waals surface area contributed by atoms with E-state index in [-0.39, 0.29) is 18.9 Å². The highest BCUT2D eigenvalue weighted by atomic mass is 16.6. The number of nitrogens with zero attached hydrogens (tertiary/aromatic N) is 1. The van der Waals surface area contributed by atoms with Crippen LogP contribution in [0.25, 0.3) is 0 Å². The van der Waals surface area contributed by atoms with E-state index >= 15 is 0 Å². The van der Waals surface area contributed by atoms with Gasteiger partial charge in [0.15, 0.2) is 0 Å². The molecule has 23 heavy (non-hydrogen) atoms. The Morgan fingerprint density at radius 1 is 1.09 bits per heavy atom. The molecule has 128 valence electrons. The standard InChI is InChI=1S/C15H23N3O5/c1-15(2,3)23-14(22)17-9-4-8-16-11(19)7-10-18-12(20)5-6-13(18)21/h5-6H,4,7-10H2,1-3H3,(H,16,19)(H,17,22). The van der Waals surface area contributed by atoms with Gasteiger partial charge in [0.2, 0.25) is 5.91 Å². The van der Waals surface area contributed by atoms with Crippen LogP contribution in [0.5, 0.6) is 0 Å². The van der Waals surface area contributed by atoms with Crippen molar-refractivity contribution < 1.29 is 23.9 Å². The Labute approximate surface area is 135 Å². The maximum absolute atomic E-state index is 11.6. The van der Waals surface area contributed by atoms with E-state index < -0.39 is 23.5 Å². The van der Waals surface area contributed by atoms with Crippen LogP contribution in [0.3, 0.4) is 0 Å². The molecular formula is C15H23N3O5. The van der Waals surface area contributed by atoms with Gasteiger partial charge in [-0.05, 0) is 27.2 Å². The van der Waals surface area contributed by atoms with Gasteiger partial charge in [-0.1, -0.05) is 0 Å². The van der Waals surface area contributed by atoms with E-state index in [0.717, 1.165) is 4.90 Å². The van der Waals surface area contributed by atoms with Crippen LogP contribution >= 0.6 is 0 Å². The molecule has 8 nitrogen and oxygen atoms in total. The summed E-state index contributed by atoms with van der Waals surface area (Å²) in [5.41, 5.74) is -0.544. The van der Waals surface area contributed by atoms with Crippen molar-refractivity contribution in [3.8, 4) is 0 Å². The van der Waals surface area contributed by atoms with E-state index in [9.17, 15) is 19.2 Å². The minimum atomic E-state index is -0.544. The van der Waals surface area contributed by atoms with E-state index in [0.29, 0.717) is 19.5 Å². The van der Waals surface area contributed by atoms with Gasteiger partial charge in [0.05, 0.1) is 0 Å². The van der Waals surface area contributed by atoms with Crippen molar-refractivity contribution in [3.63, 3.8) is 0 Å². The minimum absolute atomic E-state index is 0.0542. The third kappa shape index (κ3) is 7.44. The number of imide groups is 1. The molecule has 0 saturated heterocycles. The first-order valence-corrected chi connectivity index (χ1v) is 7.46. The molecule has 0 aromatic carbocycles. The molecule has 0 aromatic rings. The van der Waals surface area contributed by atoms with Gasteiger partial charge in [0, 0.05) is 38.2 Å². The Morgan fingerprint density at radius 2 is 1.65 bits per heavy atom. The lowest BCUT2D eigenvalue weighted by molar-refractivity contribution is -0.137. The molecule has 0 fully saturated rings. The molecule has 1 aliphatic rings. The summed E-state index contributed by atoms with van der Waals surface area (Å²) in [5, 5.41) is 5.24. The third-order valence-corrected chi connectivity index (χ3v) is 2.81. The number of hydrogen-bond acceptors (Lipinski definition) is 5. The summed E-state index contributed by atoms with van der Waals surface area (Å²) in [6, 6.07) is 0. The van der Waals surface area contributed by atoms with Gasteiger partial charge in [-0.25, -0.2) is 4.79 Å². The van der Waals surface area contributed by atoms with Crippen LogP contribution in [0.15, 0.2) is 12.2 Å². The highest BCUT2D eigenvalue weighted by molar-refractivity contribution is 6.13. The summed E-state index contributed by atoms with van der Waals surface area (Å²) in [4.78, 5) is 46.6. The first kappa shape index (κ1) is 18.7. The number of alkyl carbamates (subject to hydrolysis) is 1. The molecule has 1 rings (SSSR count). The Balaban J connectivity index is 2.07. The molecule has 0 bridgehead atoms. The number of carbonyl (C=O) groups is 4. The zero-order valence-corrected chi connectivity index (χ0v) is 13.7. The van der Waals surface area contributed by atoms with E-state index in [2.05, 4.69) is 10.6 Å². The van der Waals surface area contributed by atoms with Gasteiger partial charge in [0.25, 0.3) is 11.8 Å². The number of nitrogens with one attached hydrogen (secondary N) is 2. The van der Waals surface area contributed by atoms with Gasteiger partial charge in [-0.15, -0.1) is 0 Å². The monoisotopic (exact) mass is 325 g/mol. The normalized spacial score (nSPS) is 14.1. The molecule has 8 heteroatoms. The first-order valence-electron chi connectivity index (χ1n) is 7.46. The number of rotatable bonds is 7. The second-order valence-electron chi connectivity index (χ2n) is 6.04. The second-order valence-corrected chi connectivity index (χ2v) is 6.04. The summed E-state index contributed by atoms with van der Waals surface area (Å²) in [6.07, 6.45) is 2.47. The fraction of sp³-hybridized carbons (Fsp3) is 0.600. The molecule has 0 atom stereocenters. The molecule has 0 saturated carbocycles. The molecule has 0 radical (unpaired) electrons. The van der Waals surface area contributed by atoms with Crippen LogP contribution in [-0.4, -0.2) is 54.0 Å². The molecule has 1 heterocycles. The zero-order chi connectivity index (χ0) is 17.5. The van der Waals surface area contributed by atoms with Crippen LogP contribution in [0, 0.1) is 0 Å². The SMILES string of the molecule is CC(C)(C)OC(=O)NCCCNC(=O)CCN1C(=O)C=CC1=O. The Kier molecular flexibility index (Phi) is 6.74. The van der Waals surface area contributed by atoms with Crippen molar-refractivity contribution in [2.45, 2.75) is 39.2 Å². The fourth-order valence-electron chi connectivity index (χ4n) is 1.77. The third-order valence-electron chi connectivity index (χ3n) is 2.81. The molecule has 0 spiro atoms. The molecule has 1 aliphatic heterocycles. The number of amides is 4. The van der Waals surface area contributed by atoms with Crippen LogP contribution in [0.4, 0.5) is 4.79 Å². The summed E-state index contributed by atoms with van der Waals surface area (Å²) < 4.78 is 5.07. The Hall–Kier alpha value is -2.38. The van der Waals surface area contributed by atoms with Gasteiger partial charge >= 0.3 is 6.09 Å². The lowest BCUT2D eigenvalue weighted by atomic mass is 10.2. The molecule has 0 aliphatic carbocycles. The van der Waals surface area contributed by atoms with Gasteiger partial charge < -0.3 is 15.4 Å². The molecule has 2 N–H and O–H groups in total. The van der Waals surface area contributed by atoms with Crippen LogP contribution in [-0.2, 0) is 19.1 Å². The van der Waals surface area contributed by atoms with Gasteiger partial charge in [-0.2, -0.15) is 0 Å². The maximum atomic E-state index is 11.6. The average Bonchev–Trinajstić information content (AvgIpc) is 2.73. The summed E-state index contributed by atoms with van der Waals surface area (Å²) >= 11 is 0. The van der Waals surface area contributed by atoms with E-state index in [1.165, 1.54) is 12.2 Å². The molecule has 4 amide bonds. The summed E-state index contributed by atoms with van der Waals surface area (Å²) in [7, 11) is 0. The van der Waals surface area contributed by atoms with E-state index in [4.69, 9.17) is 4.74 Å². The molecular weight excluding hydrogens is 302 g/mol. The first-order chi connectivity index (χ1) is 10.7. The van der Waals surface area contributed by atoms with Crippen molar-refractivity contribution in [1.82, 2.24) is 15.5 Å². The van der Waals surface area contributed by atoms with Gasteiger partial charge in [0.1, 0.15) is 5.60 Å². The quantitative estimate of drug-likeness (QED) is 0.518. The smallest absolute Gasteiger partial charge is 0.407 e. The fourth-order valence-corrected chi connectivity index (χ4v) is 1.77. The highest BCUT2D eigenvalue weighted by Gasteiger charge is 2.23. The van der Waals surface area contributed by atoms with E-state index in [1.807, 2.05) is 0 Å². The van der Waals surface area contributed by atoms with Crippen molar-refractivity contribution in [2.24, 2.45) is 0 Å². The lowest BCUT2D eigenvalue weighted by Crippen LogP contribution is -2.36. The van der Waals surface area contributed by atoms with Crippen molar-refractivity contribution >= 4 is 23.8 Å². The van der Waals surface area contributed by atoms with Crippen molar-refractivity contribution in [1.29, 1.82) is 0 Å². The molecule has 0 unspecified atom stereocenters. The lowest BCUT2D eigenvalue weighted by Gasteiger charge is -2.19. The second kappa shape index (κ2) is 8.30. The number of carbonyl (C=O) groups excluding carboxylic acids is 4. The highest BCUT2D eigenvalue weighted by Crippen LogP contribution is 2.06. The average molecular weight is 325 g/mol. The zero-order valence-electron chi connectivity index (χ0n) is 13.7. The molecule has 0 aromatic heterocycles. The van der Waals surface area contributed by atoms with Gasteiger partial charge in [-0.3, -0.25) is 19.3 Å². The summed E-state index contributed by atoms with van der Waals surface area (Å²) in [6.45, 7) is 6.15. The van der Waals surface area contributed by atoms with E-state index in [1.54, 1.807) is 20.8 Å². The Bertz CT molecular complexity index is 490. The topological polar surface area (TPSA) is 105 Å². The van der Waals surface area contributed by atoms with Crippen LogP contribution < -0.4 is 10.6 Å². The van der Waals surface area contributed by atoms with Crippen molar-refractivity contribution in [2.75, 3.05) is 19.6 Å². The van der Waals surface area contributed by atoms with Crippen LogP contribution in [0.2, 0.25) is 0 Å². The number of hydrogen-bond donors (Lipinski definition) is 2. The Morgan fingerprint density at radius 3 is 2.22 bits per heavy atom. The number of ether oxygens (including phenoxy) is 1.